The molecule has 0 aliphatic carbocycles. The minimum absolute atomic E-state index is 0.146. The monoisotopic (exact) mass is 584 g/mol. The minimum Gasteiger partial charge on any atom is -0.372 e. The third kappa shape index (κ3) is 5.87. The van der Waals surface area contributed by atoms with Gasteiger partial charge in [-0.15, -0.1) is 0 Å². The molecule has 4 aromatic rings. The van der Waals surface area contributed by atoms with Crippen molar-refractivity contribution in [2.24, 2.45) is 0 Å². The Morgan fingerprint density at radius 2 is 1.76 bits per heavy atom. The third-order valence-electron chi connectivity index (χ3n) is 7.95. The zero-order valence-corrected chi connectivity index (χ0v) is 25.3. The first-order chi connectivity index (χ1) is 20.3. The normalized spacial score (nSPS) is 16.4. The average molecular weight is 585 g/mol. The number of nitrogens with zero attached hydrogens (tertiary/aromatic N) is 4. The summed E-state index contributed by atoms with van der Waals surface area (Å²) in [5.74, 6) is -0.739. The molecule has 0 unspecified atom stereocenters. The van der Waals surface area contributed by atoms with Crippen LogP contribution in [0.25, 0.3) is 5.69 Å². The van der Waals surface area contributed by atoms with Gasteiger partial charge in [0.2, 0.25) is 5.91 Å². The van der Waals surface area contributed by atoms with Gasteiger partial charge in [-0.05, 0) is 100 Å². The number of para-hydroxylation sites is 1. The van der Waals surface area contributed by atoms with Gasteiger partial charge in [0, 0.05) is 55.0 Å². The van der Waals surface area contributed by atoms with E-state index in [0.717, 1.165) is 41.4 Å². The summed E-state index contributed by atoms with van der Waals surface area (Å²) in [6.45, 7) is 10.8. The molecule has 5 rings (SSSR count). The fourth-order valence-corrected chi connectivity index (χ4v) is 6.20. The van der Waals surface area contributed by atoms with Crippen LogP contribution in [0.2, 0.25) is 0 Å². The fraction of sp³-hybridized carbons (Fsp3) is 0.303. The number of hydrogen-bond donors (Lipinski definition) is 2. The van der Waals surface area contributed by atoms with E-state index in [1.54, 1.807) is 24.4 Å². The number of rotatable bonds is 10. The molecule has 1 aliphatic heterocycles. The Hall–Kier alpha value is -4.24. The van der Waals surface area contributed by atoms with Gasteiger partial charge in [-0.3, -0.25) is 9.78 Å². The molecule has 0 radical (unpaired) electrons. The maximum Gasteiger partial charge on any atom is 0.226 e. The average Bonchev–Trinajstić information content (AvgIpc) is 3.48. The number of carbonyl (C=O) groups is 1. The highest BCUT2D eigenvalue weighted by Gasteiger charge is 2.41. The predicted octanol–water partition coefficient (Wildman–Crippen LogP) is 6.48. The zero-order chi connectivity index (χ0) is 29.8. The lowest BCUT2D eigenvalue weighted by atomic mass is 9.96. The van der Waals surface area contributed by atoms with Crippen molar-refractivity contribution in [2.75, 3.05) is 29.9 Å². The summed E-state index contributed by atoms with van der Waals surface area (Å²) in [6, 6.07) is 22.5. The summed E-state index contributed by atoms with van der Waals surface area (Å²) in [5, 5.41) is 6.72. The van der Waals surface area contributed by atoms with Crippen molar-refractivity contribution in [3.63, 3.8) is 0 Å². The molecule has 1 saturated heterocycles. The van der Waals surface area contributed by atoms with E-state index in [9.17, 15) is 9.18 Å². The largest absolute Gasteiger partial charge is 0.372 e. The minimum atomic E-state index is -0.463. The number of halogens is 1. The number of hydrogen-bond acceptors (Lipinski definition) is 4. The van der Waals surface area contributed by atoms with E-state index in [-0.39, 0.29) is 30.1 Å². The molecule has 0 bridgehead atoms. The lowest BCUT2D eigenvalue weighted by Gasteiger charge is -2.28. The van der Waals surface area contributed by atoms with E-state index in [1.165, 1.54) is 11.8 Å². The van der Waals surface area contributed by atoms with Crippen molar-refractivity contribution in [3.8, 4) is 5.69 Å². The molecule has 0 saturated carbocycles. The van der Waals surface area contributed by atoms with Crippen LogP contribution in [0.15, 0.2) is 79.0 Å². The molecule has 1 fully saturated rings. The summed E-state index contributed by atoms with van der Waals surface area (Å²) in [7, 11) is 0. The van der Waals surface area contributed by atoms with Gasteiger partial charge in [0.1, 0.15) is 5.82 Å². The number of aryl methyl sites for hydroxylation is 1. The maximum absolute atomic E-state index is 14.1. The molecule has 3 heterocycles. The van der Waals surface area contributed by atoms with Crippen LogP contribution in [-0.2, 0) is 4.79 Å². The standard InChI is InChI=1S/C33H37FN6OS/c1-5-38(6-2)24-14-16-25(17-15-24)40-22(3)21-26(23(40)4)32-31(29-13-9-10-19-35-29)37-33(42)39(32)20-18-30(41)36-28-12-8-7-11-27(28)34/h7-17,19,21,31-32H,5-6,18,20H2,1-4H3,(H,36,41)(H,37,42)/t31-,32-/m0/s1. The highest BCUT2D eigenvalue weighted by Crippen LogP contribution is 2.41. The van der Waals surface area contributed by atoms with E-state index >= 15 is 0 Å². The van der Waals surface area contributed by atoms with Gasteiger partial charge in [0.25, 0.3) is 0 Å². The lowest BCUT2D eigenvalue weighted by Crippen LogP contribution is -2.33. The number of aromatic nitrogens is 2. The van der Waals surface area contributed by atoms with Gasteiger partial charge >= 0.3 is 0 Å². The van der Waals surface area contributed by atoms with Crippen molar-refractivity contribution in [3.05, 3.63) is 107 Å². The van der Waals surface area contributed by atoms with E-state index in [2.05, 4.69) is 88.0 Å². The van der Waals surface area contributed by atoms with Crippen molar-refractivity contribution < 1.29 is 9.18 Å². The van der Waals surface area contributed by atoms with Gasteiger partial charge in [0.15, 0.2) is 5.11 Å². The van der Waals surface area contributed by atoms with Gasteiger partial charge in [-0.25, -0.2) is 4.39 Å². The highest BCUT2D eigenvalue weighted by atomic mass is 32.1. The molecule has 0 spiro atoms. The molecular formula is C33H37FN6OS. The Morgan fingerprint density at radius 1 is 1.05 bits per heavy atom. The number of nitrogens with one attached hydrogen (secondary N) is 2. The zero-order valence-electron chi connectivity index (χ0n) is 24.5. The first-order valence-electron chi connectivity index (χ1n) is 14.4. The van der Waals surface area contributed by atoms with Gasteiger partial charge < -0.3 is 25.0 Å². The molecule has 2 atom stereocenters. The van der Waals surface area contributed by atoms with E-state index in [0.29, 0.717) is 11.7 Å². The van der Waals surface area contributed by atoms with E-state index in [4.69, 9.17) is 12.2 Å². The van der Waals surface area contributed by atoms with Crippen LogP contribution in [0, 0.1) is 19.7 Å². The lowest BCUT2D eigenvalue weighted by molar-refractivity contribution is -0.116. The second kappa shape index (κ2) is 12.7. The first kappa shape index (κ1) is 29.3. The van der Waals surface area contributed by atoms with Crippen LogP contribution in [0.5, 0.6) is 0 Å². The Kier molecular flexibility index (Phi) is 8.87. The second-order valence-electron chi connectivity index (χ2n) is 10.4. The molecule has 1 aliphatic rings. The summed E-state index contributed by atoms with van der Waals surface area (Å²) in [4.78, 5) is 21.9. The molecule has 2 aromatic heterocycles. The maximum atomic E-state index is 14.1. The van der Waals surface area contributed by atoms with Crippen LogP contribution in [0.4, 0.5) is 15.8 Å². The molecule has 42 heavy (non-hydrogen) atoms. The SMILES string of the molecule is CCN(CC)c1ccc(-n2c(C)cc([C@H]3[C@H](c4ccccn4)NC(=S)N3CCC(=O)Nc3ccccc3F)c2C)cc1. The third-order valence-corrected chi connectivity index (χ3v) is 8.30. The molecule has 9 heteroatoms. The summed E-state index contributed by atoms with van der Waals surface area (Å²) in [5.41, 5.74) is 6.64. The van der Waals surface area contributed by atoms with Crippen LogP contribution >= 0.6 is 12.2 Å². The molecule has 218 valence electrons. The Labute approximate surface area is 252 Å². The number of anilines is 2. The molecule has 1 amide bonds. The van der Waals surface area contributed by atoms with Gasteiger partial charge in [-0.1, -0.05) is 18.2 Å². The molecule has 7 nitrogen and oxygen atoms in total. The molecular weight excluding hydrogens is 547 g/mol. The number of benzene rings is 2. The fourth-order valence-electron chi connectivity index (χ4n) is 5.87. The van der Waals surface area contributed by atoms with Crippen LogP contribution in [0.1, 0.15) is 55.0 Å². The highest BCUT2D eigenvalue weighted by molar-refractivity contribution is 7.80. The van der Waals surface area contributed by atoms with Crippen molar-refractivity contribution >= 4 is 34.6 Å². The van der Waals surface area contributed by atoms with Crippen molar-refractivity contribution in [1.82, 2.24) is 19.8 Å². The van der Waals surface area contributed by atoms with Crippen molar-refractivity contribution in [2.45, 2.75) is 46.2 Å². The summed E-state index contributed by atoms with van der Waals surface area (Å²) in [6.07, 6.45) is 1.93. The number of pyridine rings is 1. The number of amides is 1. The van der Waals surface area contributed by atoms with Crippen LogP contribution in [0.3, 0.4) is 0 Å². The Balaban J connectivity index is 1.46. The topological polar surface area (TPSA) is 65.4 Å². The Bertz CT molecular complexity index is 1550. The van der Waals surface area contributed by atoms with Crippen molar-refractivity contribution in [1.29, 1.82) is 0 Å². The van der Waals surface area contributed by atoms with Gasteiger partial charge in [0.05, 0.1) is 23.5 Å². The molecule has 2 N–H and O–H groups in total. The van der Waals surface area contributed by atoms with E-state index in [1.807, 2.05) is 18.2 Å². The van der Waals surface area contributed by atoms with Crippen LogP contribution in [-0.4, -0.2) is 45.1 Å². The van der Waals surface area contributed by atoms with Gasteiger partial charge in [-0.2, -0.15) is 0 Å². The summed E-state index contributed by atoms with van der Waals surface area (Å²) < 4.78 is 16.4. The smallest absolute Gasteiger partial charge is 0.226 e. The number of carbonyl (C=O) groups excluding carboxylic acids is 1. The predicted molar refractivity (Wildman–Crippen MR) is 171 cm³/mol. The molecule has 2 aromatic carbocycles. The van der Waals surface area contributed by atoms with Crippen LogP contribution < -0.4 is 15.5 Å². The quantitative estimate of drug-likeness (QED) is 0.208. The summed E-state index contributed by atoms with van der Waals surface area (Å²) >= 11 is 5.82. The Morgan fingerprint density at radius 3 is 2.43 bits per heavy atom. The first-order valence-corrected chi connectivity index (χ1v) is 14.8. The number of thiocarbonyl (C=S) groups is 1. The second-order valence-corrected chi connectivity index (χ2v) is 10.8. The van der Waals surface area contributed by atoms with E-state index < -0.39 is 5.82 Å².